The third-order valence-corrected chi connectivity index (χ3v) is 2.94. The lowest BCUT2D eigenvalue weighted by Crippen LogP contribution is -2.33. The Kier molecular flexibility index (Phi) is 2.84. The van der Waals surface area contributed by atoms with Gasteiger partial charge in [0.05, 0.1) is 11.8 Å². The van der Waals surface area contributed by atoms with Crippen molar-refractivity contribution in [1.29, 1.82) is 0 Å². The number of aryl methyl sites for hydroxylation is 1. The van der Waals surface area contributed by atoms with Crippen molar-refractivity contribution < 1.29 is 5.11 Å². The lowest BCUT2D eigenvalue weighted by Gasteiger charge is -2.27. The van der Waals surface area contributed by atoms with E-state index in [9.17, 15) is 5.11 Å². The normalized spacial score (nSPS) is 24.9. The molecular formula is C10H17N3O. The van der Waals surface area contributed by atoms with Gasteiger partial charge in [-0.3, -0.25) is 4.68 Å². The molecule has 1 aliphatic heterocycles. The summed E-state index contributed by atoms with van der Waals surface area (Å²) in [7, 11) is 1.87. The van der Waals surface area contributed by atoms with E-state index < -0.39 is 0 Å². The molecular weight excluding hydrogens is 178 g/mol. The number of hydrogen-bond donors (Lipinski definition) is 2. The van der Waals surface area contributed by atoms with Crippen molar-refractivity contribution in [1.82, 2.24) is 15.1 Å². The average molecular weight is 195 g/mol. The zero-order chi connectivity index (χ0) is 9.97. The average Bonchev–Trinajstić information content (AvgIpc) is 2.65. The Labute approximate surface area is 83.9 Å². The fourth-order valence-corrected chi connectivity index (χ4v) is 2.06. The molecule has 1 aromatic heterocycles. The van der Waals surface area contributed by atoms with Gasteiger partial charge in [-0.2, -0.15) is 5.10 Å². The summed E-state index contributed by atoms with van der Waals surface area (Å²) in [6, 6.07) is 1.89. The smallest absolute Gasteiger partial charge is 0.0996 e. The van der Waals surface area contributed by atoms with Crippen molar-refractivity contribution in [2.45, 2.75) is 18.9 Å². The first-order valence-electron chi connectivity index (χ1n) is 5.15. The summed E-state index contributed by atoms with van der Waals surface area (Å²) in [4.78, 5) is 0. The van der Waals surface area contributed by atoms with Crippen LogP contribution in [0, 0.1) is 5.92 Å². The number of piperidine rings is 1. The Balaban J connectivity index is 2.07. The van der Waals surface area contributed by atoms with E-state index in [1.807, 2.05) is 13.1 Å². The van der Waals surface area contributed by atoms with E-state index in [0.29, 0.717) is 5.92 Å². The summed E-state index contributed by atoms with van der Waals surface area (Å²) < 4.78 is 1.75. The maximum Gasteiger partial charge on any atom is 0.0996 e. The van der Waals surface area contributed by atoms with Gasteiger partial charge in [0.15, 0.2) is 0 Å². The Morgan fingerprint density at radius 2 is 2.57 bits per heavy atom. The molecule has 1 aliphatic rings. The third kappa shape index (κ3) is 1.81. The highest BCUT2D eigenvalue weighted by Gasteiger charge is 2.24. The lowest BCUT2D eigenvalue weighted by atomic mass is 9.92. The molecule has 0 aromatic carbocycles. The Morgan fingerprint density at radius 3 is 3.14 bits per heavy atom. The summed E-state index contributed by atoms with van der Waals surface area (Å²) in [5.41, 5.74) is 0.915. The van der Waals surface area contributed by atoms with Crippen LogP contribution < -0.4 is 5.32 Å². The van der Waals surface area contributed by atoms with E-state index in [4.69, 9.17) is 0 Å². The molecule has 2 atom stereocenters. The zero-order valence-corrected chi connectivity index (χ0v) is 8.48. The largest absolute Gasteiger partial charge is 0.386 e. The monoisotopic (exact) mass is 195 g/mol. The first-order valence-corrected chi connectivity index (χ1v) is 5.15. The van der Waals surface area contributed by atoms with Crippen molar-refractivity contribution in [3.8, 4) is 0 Å². The van der Waals surface area contributed by atoms with Crippen LogP contribution in [0.1, 0.15) is 24.6 Å². The van der Waals surface area contributed by atoms with Gasteiger partial charge >= 0.3 is 0 Å². The Hall–Kier alpha value is -0.870. The number of aliphatic hydroxyl groups excluding tert-OH is 1. The van der Waals surface area contributed by atoms with E-state index >= 15 is 0 Å². The summed E-state index contributed by atoms with van der Waals surface area (Å²) in [5, 5.41) is 17.5. The van der Waals surface area contributed by atoms with Crippen LogP contribution in [0.2, 0.25) is 0 Å². The standard InChI is InChI=1S/C10H17N3O/c1-13-9(4-6-12-13)10(14)8-3-2-5-11-7-8/h4,6,8,10-11,14H,2-3,5,7H2,1H3. The molecule has 0 spiro atoms. The van der Waals surface area contributed by atoms with Crippen molar-refractivity contribution in [2.75, 3.05) is 13.1 Å². The summed E-state index contributed by atoms with van der Waals surface area (Å²) in [5.74, 6) is 0.333. The van der Waals surface area contributed by atoms with Crippen molar-refractivity contribution in [3.63, 3.8) is 0 Å². The van der Waals surface area contributed by atoms with Gasteiger partial charge in [0.1, 0.15) is 0 Å². The fraction of sp³-hybridized carbons (Fsp3) is 0.700. The van der Waals surface area contributed by atoms with Crippen molar-refractivity contribution >= 4 is 0 Å². The molecule has 0 amide bonds. The molecule has 4 heteroatoms. The number of hydrogen-bond acceptors (Lipinski definition) is 3. The van der Waals surface area contributed by atoms with Gasteiger partial charge in [-0.05, 0) is 25.5 Å². The molecule has 4 nitrogen and oxygen atoms in total. The molecule has 1 aromatic rings. The minimum Gasteiger partial charge on any atom is -0.386 e. The molecule has 0 aliphatic carbocycles. The maximum absolute atomic E-state index is 10.1. The van der Waals surface area contributed by atoms with Gasteiger partial charge in [-0.15, -0.1) is 0 Å². The van der Waals surface area contributed by atoms with Crippen LogP contribution in [0.15, 0.2) is 12.3 Å². The molecule has 0 radical (unpaired) electrons. The molecule has 2 N–H and O–H groups in total. The molecule has 1 fully saturated rings. The topological polar surface area (TPSA) is 50.1 Å². The van der Waals surface area contributed by atoms with Gasteiger partial charge in [0, 0.05) is 25.7 Å². The number of nitrogens with one attached hydrogen (secondary N) is 1. The van der Waals surface area contributed by atoms with Crippen molar-refractivity contribution in [3.05, 3.63) is 18.0 Å². The van der Waals surface area contributed by atoms with Crippen LogP contribution in [-0.2, 0) is 7.05 Å². The molecule has 14 heavy (non-hydrogen) atoms. The van der Waals surface area contributed by atoms with Crippen LogP contribution in [0.3, 0.4) is 0 Å². The predicted octanol–water partition coefficient (Wildman–Crippen LogP) is 0.453. The first kappa shape index (κ1) is 9.68. The molecule has 2 unspecified atom stereocenters. The van der Waals surface area contributed by atoms with E-state index in [0.717, 1.165) is 31.6 Å². The van der Waals surface area contributed by atoms with Crippen LogP contribution in [0.4, 0.5) is 0 Å². The summed E-state index contributed by atoms with van der Waals surface area (Å²) in [6.07, 6.45) is 3.60. The molecule has 2 rings (SSSR count). The van der Waals surface area contributed by atoms with Crippen LogP contribution >= 0.6 is 0 Å². The predicted molar refractivity (Wildman–Crippen MR) is 53.8 cm³/mol. The quantitative estimate of drug-likeness (QED) is 0.720. The summed E-state index contributed by atoms with van der Waals surface area (Å²) in [6.45, 7) is 1.99. The molecule has 2 heterocycles. The van der Waals surface area contributed by atoms with Gasteiger partial charge in [-0.1, -0.05) is 0 Å². The second-order valence-corrected chi connectivity index (χ2v) is 3.93. The highest BCUT2D eigenvalue weighted by atomic mass is 16.3. The van der Waals surface area contributed by atoms with Gasteiger partial charge < -0.3 is 10.4 Å². The highest BCUT2D eigenvalue weighted by molar-refractivity contribution is 5.06. The van der Waals surface area contributed by atoms with Gasteiger partial charge in [-0.25, -0.2) is 0 Å². The number of aromatic nitrogens is 2. The van der Waals surface area contributed by atoms with Gasteiger partial charge in [0.2, 0.25) is 0 Å². The maximum atomic E-state index is 10.1. The lowest BCUT2D eigenvalue weighted by molar-refractivity contribution is 0.0848. The minimum absolute atomic E-state index is 0.333. The fourth-order valence-electron chi connectivity index (χ4n) is 2.06. The van der Waals surface area contributed by atoms with Crippen LogP contribution in [-0.4, -0.2) is 28.0 Å². The summed E-state index contributed by atoms with van der Waals surface area (Å²) >= 11 is 0. The molecule has 0 bridgehead atoms. The highest BCUT2D eigenvalue weighted by Crippen LogP contribution is 2.26. The number of nitrogens with zero attached hydrogens (tertiary/aromatic N) is 2. The Morgan fingerprint density at radius 1 is 1.71 bits per heavy atom. The minimum atomic E-state index is -0.379. The second-order valence-electron chi connectivity index (χ2n) is 3.93. The number of aliphatic hydroxyl groups is 1. The molecule has 0 saturated carbocycles. The van der Waals surface area contributed by atoms with Crippen LogP contribution in [0.5, 0.6) is 0 Å². The molecule has 78 valence electrons. The van der Waals surface area contributed by atoms with Gasteiger partial charge in [0.25, 0.3) is 0 Å². The Bertz CT molecular complexity index is 291. The second kappa shape index (κ2) is 4.11. The van der Waals surface area contributed by atoms with E-state index in [1.54, 1.807) is 10.9 Å². The third-order valence-electron chi connectivity index (χ3n) is 2.94. The number of rotatable bonds is 2. The van der Waals surface area contributed by atoms with E-state index in [-0.39, 0.29) is 6.10 Å². The van der Waals surface area contributed by atoms with Crippen molar-refractivity contribution in [2.24, 2.45) is 13.0 Å². The van der Waals surface area contributed by atoms with E-state index in [1.165, 1.54) is 0 Å². The first-order chi connectivity index (χ1) is 6.79. The zero-order valence-electron chi connectivity index (χ0n) is 8.48. The molecule has 1 saturated heterocycles. The van der Waals surface area contributed by atoms with Crippen LogP contribution in [0.25, 0.3) is 0 Å². The SMILES string of the molecule is Cn1nccc1C(O)C1CCCNC1. The van der Waals surface area contributed by atoms with E-state index in [2.05, 4.69) is 10.4 Å².